The lowest BCUT2D eigenvalue weighted by Gasteiger charge is -2.43. The van der Waals surface area contributed by atoms with Gasteiger partial charge in [0.25, 0.3) is 0 Å². The highest BCUT2D eigenvalue weighted by molar-refractivity contribution is 5.45. The van der Waals surface area contributed by atoms with E-state index in [4.69, 9.17) is 9.47 Å². The summed E-state index contributed by atoms with van der Waals surface area (Å²) in [4.78, 5) is 30.4. The van der Waals surface area contributed by atoms with Crippen molar-refractivity contribution in [3.05, 3.63) is 89.5 Å². The number of rotatable bonds is 9. The van der Waals surface area contributed by atoms with Gasteiger partial charge in [0, 0.05) is 0 Å². The SMILES string of the molecule is COc1ccc(C(C)(C)C(C)(C)c2ccc(OC)c(C([N+](=O)[O-])([N+](=O)[O-])[N+](=O)[O-])c2)cc1. The maximum absolute atomic E-state index is 11.7. The molecule has 0 aromatic heterocycles. The Bertz CT molecular complexity index is 1010. The summed E-state index contributed by atoms with van der Waals surface area (Å²) < 4.78 is 10.2. The molecule has 172 valence electrons. The van der Waals surface area contributed by atoms with Crippen LogP contribution in [0.2, 0.25) is 0 Å². The highest BCUT2D eigenvalue weighted by Gasteiger charge is 2.74. The van der Waals surface area contributed by atoms with Crippen LogP contribution in [0.15, 0.2) is 42.5 Å². The molecule has 0 fully saturated rings. The van der Waals surface area contributed by atoms with Gasteiger partial charge in [0.15, 0.2) is 14.8 Å². The van der Waals surface area contributed by atoms with Gasteiger partial charge in [-0.2, -0.15) is 0 Å². The van der Waals surface area contributed by atoms with E-state index < -0.39 is 37.0 Å². The largest absolute Gasteiger partial charge is 0.732 e. The smallest absolute Gasteiger partial charge is 0.497 e. The lowest BCUT2D eigenvalue weighted by molar-refractivity contribution is -0.986. The van der Waals surface area contributed by atoms with Gasteiger partial charge < -0.3 is 9.47 Å². The fourth-order valence-electron chi connectivity index (χ4n) is 3.58. The van der Waals surface area contributed by atoms with E-state index in [0.717, 1.165) is 18.7 Å². The molecule has 0 heterocycles. The van der Waals surface area contributed by atoms with Gasteiger partial charge in [-0.3, -0.25) is 30.3 Å². The maximum Gasteiger partial charge on any atom is 0.732 e. The van der Waals surface area contributed by atoms with Crippen molar-refractivity contribution >= 4 is 0 Å². The first-order valence-corrected chi connectivity index (χ1v) is 9.55. The summed E-state index contributed by atoms with van der Waals surface area (Å²) in [7, 11) is 2.69. The Hall–Kier alpha value is -3.76. The van der Waals surface area contributed by atoms with Crippen LogP contribution >= 0.6 is 0 Å². The van der Waals surface area contributed by atoms with Crippen LogP contribution in [0.3, 0.4) is 0 Å². The Balaban J connectivity index is 2.77. The molecule has 2 aromatic rings. The molecule has 32 heavy (non-hydrogen) atoms. The van der Waals surface area contributed by atoms with E-state index in [1.54, 1.807) is 25.3 Å². The van der Waals surface area contributed by atoms with Gasteiger partial charge in [0.2, 0.25) is 5.56 Å². The molecule has 0 N–H and O–H groups in total. The van der Waals surface area contributed by atoms with Crippen molar-refractivity contribution in [3.63, 3.8) is 0 Å². The Morgan fingerprint density at radius 1 is 0.688 bits per heavy atom. The first-order valence-electron chi connectivity index (χ1n) is 9.55. The number of benzene rings is 2. The van der Waals surface area contributed by atoms with Crippen molar-refractivity contribution in [2.24, 2.45) is 0 Å². The Labute approximate surface area is 184 Å². The monoisotopic (exact) mass is 447 g/mol. The molecular weight excluding hydrogens is 422 g/mol. The molecule has 2 rings (SSSR count). The zero-order chi connectivity index (χ0) is 24.5. The minimum Gasteiger partial charge on any atom is -0.497 e. The molecule has 11 heteroatoms. The van der Waals surface area contributed by atoms with E-state index in [0.29, 0.717) is 11.3 Å². The van der Waals surface area contributed by atoms with Crippen molar-refractivity contribution in [3.8, 4) is 11.5 Å². The van der Waals surface area contributed by atoms with Crippen LogP contribution in [0.1, 0.15) is 44.4 Å². The molecular formula is C21H25N3O8. The zero-order valence-electron chi connectivity index (χ0n) is 18.6. The molecule has 0 bridgehead atoms. The van der Waals surface area contributed by atoms with E-state index in [9.17, 15) is 30.3 Å². The molecule has 0 saturated heterocycles. The van der Waals surface area contributed by atoms with E-state index in [1.807, 2.05) is 39.8 Å². The number of nitrogens with zero attached hydrogens (tertiary/aromatic N) is 3. The third-order valence-corrected chi connectivity index (χ3v) is 6.42. The average Bonchev–Trinajstić information content (AvgIpc) is 2.73. The molecule has 2 aromatic carbocycles. The van der Waals surface area contributed by atoms with Crippen molar-refractivity contribution in [1.29, 1.82) is 0 Å². The second-order valence-electron chi connectivity index (χ2n) is 8.30. The first kappa shape index (κ1) is 24.5. The summed E-state index contributed by atoms with van der Waals surface area (Å²) in [6, 6.07) is 11.3. The Kier molecular flexibility index (Phi) is 6.44. The van der Waals surface area contributed by atoms with Gasteiger partial charge in [-0.1, -0.05) is 45.9 Å². The second kappa shape index (κ2) is 8.40. The summed E-state index contributed by atoms with van der Waals surface area (Å²) in [6.07, 6.45) is 0. The summed E-state index contributed by atoms with van der Waals surface area (Å²) in [5.41, 5.74) is -0.769. The maximum atomic E-state index is 11.7. The highest BCUT2D eigenvalue weighted by atomic mass is 16.7. The van der Waals surface area contributed by atoms with Crippen molar-refractivity contribution in [2.75, 3.05) is 14.2 Å². The first-order chi connectivity index (χ1) is 14.8. The van der Waals surface area contributed by atoms with Crippen molar-refractivity contribution in [2.45, 2.75) is 44.3 Å². The van der Waals surface area contributed by atoms with Crippen LogP contribution in [0.25, 0.3) is 0 Å². The van der Waals surface area contributed by atoms with Crippen LogP contribution < -0.4 is 9.47 Å². The summed E-state index contributed by atoms with van der Waals surface area (Å²) >= 11 is 0. The molecule has 0 aliphatic carbocycles. The summed E-state index contributed by atoms with van der Waals surface area (Å²) in [5, 5.41) is 35.0. The number of hydrogen-bond acceptors (Lipinski definition) is 8. The summed E-state index contributed by atoms with van der Waals surface area (Å²) in [6.45, 7) is 7.60. The molecule has 0 amide bonds. The summed E-state index contributed by atoms with van der Waals surface area (Å²) in [5.74, 6) is -3.46. The standard InChI is InChI=1S/C21H25N3O8/c1-19(2,14-7-10-16(31-5)11-8-14)20(3,4)15-9-12-18(32-6)17(13-15)21(22(25)26,23(27)28)24(29)30/h7-13H,1-6H3. The molecule has 0 atom stereocenters. The minimum atomic E-state index is -3.80. The average molecular weight is 447 g/mol. The Morgan fingerprint density at radius 2 is 1.12 bits per heavy atom. The minimum absolute atomic E-state index is 0.322. The van der Waals surface area contributed by atoms with E-state index in [-0.39, 0.29) is 5.75 Å². The van der Waals surface area contributed by atoms with Crippen LogP contribution in [0.4, 0.5) is 0 Å². The van der Waals surface area contributed by atoms with Crippen LogP contribution in [0.5, 0.6) is 11.5 Å². The lowest BCUT2D eigenvalue weighted by Crippen LogP contribution is -2.50. The molecule has 0 aliphatic rings. The third-order valence-electron chi connectivity index (χ3n) is 6.42. The third kappa shape index (κ3) is 3.59. The van der Waals surface area contributed by atoms with Gasteiger partial charge in [0.1, 0.15) is 11.5 Å². The molecule has 0 radical (unpaired) electrons. The molecule has 0 spiro atoms. The van der Waals surface area contributed by atoms with Gasteiger partial charge in [-0.05, 0) is 46.2 Å². The van der Waals surface area contributed by atoms with Crippen LogP contribution in [0, 0.1) is 30.3 Å². The lowest BCUT2D eigenvalue weighted by atomic mass is 9.61. The molecule has 0 aliphatic heterocycles. The van der Waals surface area contributed by atoms with Crippen LogP contribution in [-0.2, 0) is 16.6 Å². The normalized spacial score (nSPS) is 12.2. The van der Waals surface area contributed by atoms with Crippen LogP contribution in [-0.4, -0.2) is 29.0 Å². The van der Waals surface area contributed by atoms with Crippen molar-refractivity contribution < 1.29 is 24.2 Å². The predicted octanol–water partition coefficient (Wildman–Crippen LogP) is 3.90. The molecule has 11 nitrogen and oxygen atoms in total. The second-order valence-corrected chi connectivity index (χ2v) is 8.30. The quantitative estimate of drug-likeness (QED) is 0.319. The number of nitro groups is 3. The number of ether oxygens (including phenoxy) is 2. The fourth-order valence-corrected chi connectivity index (χ4v) is 3.58. The van der Waals surface area contributed by atoms with Gasteiger partial charge in [-0.15, -0.1) is 0 Å². The highest BCUT2D eigenvalue weighted by Crippen LogP contribution is 2.46. The predicted molar refractivity (Wildman–Crippen MR) is 115 cm³/mol. The molecule has 0 saturated carbocycles. The van der Waals surface area contributed by atoms with E-state index in [2.05, 4.69) is 0 Å². The van der Waals surface area contributed by atoms with E-state index >= 15 is 0 Å². The van der Waals surface area contributed by atoms with Gasteiger partial charge in [0.05, 0.1) is 14.2 Å². The molecule has 0 unspecified atom stereocenters. The van der Waals surface area contributed by atoms with E-state index in [1.165, 1.54) is 6.07 Å². The van der Waals surface area contributed by atoms with Gasteiger partial charge >= 0.3 is 5.79 Å². The number of hydrogen-bond donors (Lipinski definition) is 0. The van der Waals surface area contributed by atoms with Crippen molar-refractivity contribution in [1.82, 2.24) is 0 Å². The Morgan fingerprint density at radius 3 is 1.53 bits per heavy atom. The van der Waals surface area contributed by atoms with Gasteiger partial charge in [-0.25, -0.2) is 0 Å². The topological polar surface area (TPSA) is 148 Å². The zero-order valence-corrected chi connectivity index (χ0v) is 18.6. The fraction of sp³-hybridized carbons (Fsp3) is 0.429. The number of methoxy groups -OCH3 is 2.